The quantitative estimate of drug-likeness (QED) is 0.741. The topological polar surface area (TPSA) is 79.8 Å². The second-order valence-corrected chi connectivity index (χ2v) is 9.04. The van der Waals surface area contributed by atoms with Gasteiger partial charge in [0.25, 0.3) is 5.91 Å². The first-order chi connectivity index (χ1) is 15.3. The number of likely N-dealkylation sites (tertiary alicyclic amines) is 1. The van der Waals surface area contributed by atoms with Crippen molar-refractivity contribution in [3.8, 4) is 11.5 Å². The summed E-state index contributed by atoms with van der Waals surface area (Å²) in [6, 6.07) is 7.14. The highest BCUT2D eigenvalue weighted by atomic mass is 16.5. The lowest BCUT2D eigenvalue weighted by Crippen LogP contribution is -2.48. The van der Waals surface area contributed by atoms with E-state index >= 15 is 0 Å². The van der Waals surface area contributed by atoms with Gasteiger partial charge in [0.15, 0.2) is 11.4 Å². The molecule has 172 valence electrons. The molecule has 1 N–H and O–H groups in total. The van der Waals surface area contributed by atoms with E-state index in [1.807, 2.05) is 50.1 Å². The number of hydrogen-bond acceptors (Lipinski definition) is 7. The Morgan fingerprint density at radius 3 is 2.56 bits per heavy atom. The van der Waals surface area contributed by atoms with E-state index in [4.69, 9.17) is 19.4 Å². The first kappa shape index (κ1) is 22.3. The van der Waals surface area contributed by atoms with Crippen LogP contribution in [0, 0.1) is 0 Å². The van der Waals surface area contributed by atoms with Crippen molar-refractivity contribution < 1.29 is 14.3 Å². The third kappa shape index (κ3) is 4.37. The molecule has 2 aliphatic rings. The van der Waals surface area contributed by atoms with Gasteiger partial charge in [0.05, 0.1) is 18.8 Å². The van der Waals surface area contributed by atoms with Gasteiger partial charge >= 0.3 is 0 Å². The van der Waals surface area contributed by atoms with Gasteiger partial charge in [-0.3, -0.25) is 4.79 Å². The average Bonchev–Trinajstić information content (AvgIpc) is 3.27. The van der Waals surface area contributed by atoms with Crippen LogP contribution in [0.3, 0.4) is 0 Å². The van der Waals surface area contributed by atoms with Crippen LogP contribution >= 0.6 is 0 Å². The van der Waals surface area contributed by atoms with Gasteiger partial charge in [0.2, 0.25) is 0 Å². The molecule has 1 amide bonds. The fourth-order valence-electron chi connectivity index (χ4n) is 4.54. The van der Waals surface area contributed by atoms with Gasteiger partial charge in [-0.2, -0.15) is 0 Å². The van der Waals surface area contributed by atoms with Gasteiger partial charge < -0.3 is 24.6 Å². The number of hydrogen-bond donors (Lipinski definition) is 1. The van der Waals surface area contributed by atoms with E-state index in [2.05, 4.69) is 17.3 Å². The molecule has 0 saturated carbocycles. The zero-order chi connectivity index (χ0) is 22.9. The maximum Gasteiger partial charge on any atom is 0.266 e. The minimum atomic E-state index is -1.02. The standard InChI is InChI=1S/C24H33N5O3/c1-24(2,32-17-10-8-16(31-5)9-11-17)23(30)29-13-6-7-20(29)22-26-19-15-28(4)14-12-18(19)21(25-3)27-22/h8-11,20H,6-7,12-15H2,1-5H3,(H,25,26,27). The van der Waals surface area contributed by atoms with E-state index in [9.17, 15) is 4.79 Å². The van der Waals surface area contributed by atoms with E-state index in [-0.39, 0.29) is 11.9 Å². The van der Waals surface area contributed by atoms with Crippen LogP contribution in [0.1, 0.15) is 49.8 Å². The van der Waals surface area contributed by atoms with Gasteiger partial charge in [0.1, 0.15) is 17.3 Å². The molecule has 3 heterocycles. The summed E-state index contributed by atoms with van der Waals surface area (Å²) in [6.07, 6.45) is 2.70. The Bertz CT molecular complexity index is 976. The van der Waals surface area contributed by atoms with Gasteiger partial charge in [-0.25, -0.2) is 9.97 Å². The predicted molar refractivity (Wildman–Crippen MR) is 123 cm³/mol. The third-order valence-electron chi connectivity index (χ3n) is 6.27. The third-order valence-corrected chi connectivity index (χ3v) is 6.27. The number of fused-ring (bicyclic) bond motifs is 1. The Hall–Kier alpha value is -2.87. The number of nitrogens with one attached hydrogen (secondary N) is 1. The van der Waals surface area contributed by atoms with Crippen molar-refractivity contribution in [2.24, 2.45) is 0 Å². The molecule has 8 heteroatoms. The summed E-state index contributed by atoms with van der Waals surface area (Å²) in [4.78, 5) is 27.5. The summed E-state index contributed by atoms with van der Waals surface area (Å²) in [5.74, 6) is 2.92. The highest BCUT2D eigenvalue weighted by Gasteiger charge is 2.41. The smallest absolute Gasteiger partial charge is 0.266 e. The number of anilines is 1. The summed E-state index contributed by atoms with van der Waals surface area (Å²) in [6.45, 7) is 6.10. The molecule has 32 heavy (non-hydrogen) atoms. The second kappa shape index (κ2) is 8.94. The Morgan fingerprint density at radius 1 is 1.16 bits per heavy atom. The number of likely N-dealkylation sites (N-methyl/N-ethyl adjacent to an activating group) is 1. The van der Waals surface area contributed by atoms with Gasteiger partial charge in [-0.15, -0.1) is 0 Å². The molecule has 4 rings (SSSR count). The summed E-state index contributed by atoms with van der Waals surface area (Å²) in [5.41, 5.74) is 1.23. The summed E-state index contributed by atoms with van der Waals surface area (Å²) >= 11 is 0. The van der Waals surface area contributed by atoms with E-state index in [1.165, 1.54) is 5.56 Å². The number of benzene rings is 1. The Balaban J connectivity index is 1.57. The lowest BCUT2D eigenvalue weighted by Gasteiger charge is -2.33. The summed E-state index contributed by atoms with van der Waals surface area (Å²) in [5, 5.41) is 3.24. The van der Waals surface area contributed by atoms with Crippen LogP contribution in [-0.4, -0.2) is 65.6 Å². The van der Waals surface area contributed by atoms with Crippen LogP contribution in [0.5, 0.6) is 11.5 Å². The Kier molecular flexibility index (Phi) is 6.24. The van der Waals surface area contributed by atoms with Crippen molar-refractivity contribution in [3.05, 3.63) is 41.3 Å². The van der Waals surface area contributed by atoms with Crippen LogP contribution in [0.2, 0.25) is 0 Å². The fraction of sp³-hybridized carbons (Fsp3) is 0.542. The maximum atomic E-state index is 13.6. The number of carbonyl (C=O) groups is 1. The van der Waals surface area contributed by atoms with E-state index in [1.54, 1.807) is 7.11 Å². The van der Waals surface area contributed by atoms with Crippen molar-refractivity contribution in [3.63, 3.8) is 0 Å². The number of ether oxygens (including phenoxy) is 2. The fourth-order valence-corrected chi connectivity index (χ4v) is 4.54. The molecule has 0 spiro atoms. The lowest BCUT2D eigenvalue weighted by molar-refractivity contribution is -0.146. The van der Waals surface area contributed by atoms with Crippen molar-refractivity contribution in [2.45, 2.75) is 51.3 Å². The van der Waals surface area contributed by atoms with Crippen LogP contribution in [0.4, 0.5) is 5.82 Å². The van der Waals surface area contributed by atoms with Crippen molar-refractivity contribution in [1.82, 2.24) is 19.8 Å². The highest BCUT2D eigenvalue weighted by molar-refractivity contribution is 5.85. The molecule has 2 aromatic rings. The van der Waals surface area contributed by atoms with Gasteiger partial charge in [-0.05, 0) is 64.4 Å². The number of nitrogens with zero attached hydrogens (tertiary/aromatic N) is 4. The minimum absolute atomic E-state index is 0.0553. The molecule has 0 aliphatic carbocycles. The van der Waals surface area contributed by atoms with Crippen LogP contribution < -0.4 is 14.8 Å². The van der Waals surface area contributed by atoms with Gasteiger partial charge in [-0.1, -0.05) is 0 Å². The van der Waals surface area contributed by atoms with Crippen molar-refractivity contribution in [1.29, 1.82) is 0 Å². The van der Waals surface area contributed by atoms with Crippen molar-refractivity contribution >= 4 is 11.7 Å². The summed E-state index contributed by atoms with van der Waals surface area (Å²) in [7, 11) is 5.62. The monoisotopic (exact) mass is 439 g/mol. The number of amides is 1. The van der Waals surface area contributed by atoms with Crippen LogP contribution in [0.15, 0.2) is 24.3 Å². The highest BCUT2D eigenvalue weighted by Crippen LogP contribution is 2.35. The number of rotatable bonds is 6. The normalized spacial score (nSPS) is 18.9. The number of carbonyl (C=O) groups excluding carboxylic acids is 1. The van der Waals surface area contributed by atoms with E-state index < -0.39 is 5.60 Å². The molecular weight excluding hydrogens is 406 g/mol. The molecule has 1 aromatic heterocycles. The first-order valence-corrected chi connectivity index (χ1v) is 11.2. The molecular formula is C24H33N5O3. The molecule has 0 radical (unpaired) electrons. The lowest BCUT2D eigenvalue weighted by atomic mass is 10.0. The summed E-state index contributed by atoms with van der Waals surface area (Å²) < 4.78 is 11.3. The minimum Gasteiger partial charge on any atom is -0.497 e. The first-order valence-electron chi connectivity index (χ1n) is 11.2. The Morgan fingerprint density at radius 2 is 1.88 bits per heavy atom. The molecule has 0 bridgehead atoms. The van der Waals surface area contributed by atoms with Crippen LogP contribution in [0.25, 0.3) is 0 Å². The molecule has 2 aliphatic heterocycles. The number of aromatic nitrogens is 2. The second-order valence-electron chi connectivity index (χ2n) is 9.04. The molecule has 1 unspecified atom stereocenters. The zero-order valence-corrected chi connectivity index (χ0v) is 19.6. The number of methoxy groups -OCH3 is 1. The van der Waals surface area contributed by atoms with E-state index in [0.717, 1.165) is 55.4 Å². The Labute approximate surface area is 189 Å². The SMILES string of the molecule is CNc1nc(C2CCCN2C(=O)C(C)(C)Oc2ccc(OC)cc2)nc2c1CCN(C)C2. The maximum absolute atomic E-state index is 13.6. The van der Waals surface area contributed by atoms with E-state index in [0.29, 0.717) is 12.3 Å². The largest absolute Gasteiger partial charge is 0.497 e. The predicted octanol–water partition coefficient (Wildman–Crippen LogP) is 3.04. The van der Waals surface area contributed by atoms with Crippen molar-refractivity contribution in [2.75, 3.05) is 39.6 Å². The molecule has 1 saturated heterocycles. The van der Waals surface area contributed by atoms with Crippen LogP contribution in [-0.2, 0) is 17.8 Å². The molecule has 1 atom stereocenters. The molecule has 1 aromatic carbocycles. The zero-order valence-electron chi connectivity index (χ0n) is 19.6. The molecule has 1 fully saturated rings. The average molecular weight is 440 g/mol. The van der Waals surface area contributed by atoms with Gasteiger partial charge in [0, 0.05) is 32.2 Å². The molecule has 8 nitrogen and oxygen atoms in total.